The van der Waals surface area contributed by atoms with Gasteiger partial charge in [-0.1, -0.05) is 18.0 Å². The zero-order valence-corrected chi connectivity index (χ0v) is 21.7. The first-order chi connectivity index (χ1) is 17.1. The van der Waals surface area contributed by atoms with Crippen molar-refractivity contribution in [1.29, 1.82) is 0 Å². The molecule has 7 heteroatoms. The Labute approximate surface area is 213 Å². The maximum atomic E-state index is 12.9. The lowest BCUT2D eigenvalue weighted by atomic mass is 9.83. The van der Waals surface area contributed by atoms with Crippen molar-refractivity contribution in [3.63, 3.8) is 0 Å². The van der Waals surface area contributed by atoms with E-state index in [0.717, 1.165) is 61.7 Å². The first kappa shape index (κ1) is 25.1. The third-order valence-corrected chi connectivity index (χ3v) is 8.75. The van der Waals surface area contributed by atoms with Gasteiger partial charge < -0.3 is 19.2 Å². The highest BCUT2D eigenvalue weighted by molar-refractivity contribution is 6.33. The molecular formula is C28H39ClN2O4. The van der Waals surface area contributed by atoms with E-state index in [2.05, 4.69) is 9.80 Å². The minimum absolute atomic E-state index is 0.0396. The lowest BCUT2D eigenvalue weighted by Crippen LogP contribution is -2.51. The fraction of sp³-hybridized carbons (Fsp3) is 0.679. The Morgan fingerprint density at radius 1 is 1.14 bits per heavy atom. The van der Waals surface area contributed by atoms with Crippen molar-refractivity contribution in [1.82, 2.24) is 9.80 Å². The van der Waals surface area contributed by atoms with Crippen molar-refractivity contribution < 1.29 is 14.3 Å². The largest absolute Gasteiger partial charge is 0.506 e. The minimum Gasteiger partial charge on any atom is -0.506 e. The van der Waals surface area contributed by atoms with E-state index in [0.29, 0.717) is 41.3 Å². The molecule has 2 unspecified atom stereocenters. The molecule has 0 bridgehead atoms. The van der Waals surface area contributed by atoms with E-state index in [1.54, 1.807) is 13.2 Å². The molecule has 2 saturated heterocycles. The van der Waals surface area contributed by atoms with Crippen molar-refractivity contribution in [2.75, 3.05) is 39.9 Å². The third-order valence-electron chi connectivity index (χ3n) is 8.46. The number of ether oxygens (including phenoxy) is 1. The van der Waals surface area contributed by atoms with Crippen molar-refractivity contribution in [3.05, 3.63) is 38.2 Å². The zero-order chi connectivity index (χ0) is 24.4. The maximum Gasteiger partial charge on any atom is 0.339 e. The van der Waals surface area contributed by atoms with E-state index in [1.165, 1.54) is 45.2 Å². The Morgan fingerprint density at radius 2 is 1.94 bits per heavy atom. The van der Waals surface area contributed by atoms with Crippen LogP contribution in [-0.2, 0) is 24.1 Å². The lowest BCUT2D eigenvalue weighted by Gasteiger charge is -2.45. The number of hydrogen-bond acceptors (Lipinski definition) is 6. The predicted octanol–water partition coefficient (Wildman–Crippen LogP) is 5.13. The molecule has 1 aromatic carbocycles. The van der Waals surface area contributed by atoms with Gasteiger partial charge in [0.2, 0.25) is 0 Å². The van der Waals surface area contributed by atoms with Crippen LogP contribution in [0.25, 0.3) is 11.0 Å². The van der Waals surface area contributed by atoms with Crippen molar-refractivity contribution in [3.8, 4) is 5.75 Å². The monoisotopic (exact) mass is 502 g/mol. The van der Waals surface area contributed by atoms with Crippen LogP contribution in [0.2, 0.25) is 5.02 Å². The number of nitrogens with zero attached hydrogens (tertiary/aromatic N) is 2. The highest BCUT2D eigenvalue weighted by Crippen LogP contribution is 2.39. The van der Waals surface area contributed by atoms with Crippen LogP contribution in [0.5, 0.6) is 5.75 Å². The second-order valence-corrected chi connectivity index (χ2v) is 11.1. The van der Waals surface area contributed by atoms with Gasteiger partial charge >= 0.3 is 5.63 Å². The van der Waals surface area contributed by atoms with Gasteiger partial charge in [0.15, 0.2) is 0 Å². The standard InChI is InChI=1S/C28H39ClN2O4/c1-34-15-7-12-30(17-19-8-6-14-31-13-5-4-11-25(19)31)18-23-26(32)24(29)16-22-20-9-2-3-10-21(20)28(33)35-27(22)23/h16,19,25,32H,2-15,17-18H2,1H3. The Hall–Kier alpha value is -1.60. The van der Waals surface area contributed by atoms with Crippen LogP contribution in [0, 0.1) is 5.92 Å². The average Bonchev–Trinajstić information content (AvgIpc) is 2.88. The topological polar surface area (TPSA) is 66.2 Å². The second-order valence-electron chi connectivity index (χ2n) is 10.7. The maximum absolute atomic E-state index is 12.9. The number of piperidine rings is 2. The fourth-order valence-electron chi connectivity index (χ4n) is 6.76. The first-order valence-electron chi connectivity index (χ1n) is 13.5. The van der Waals surface area contributed by atoms with Gasteiger partial charge in [0, 0.05) is 50.3 Å². The summed E-state index contributed by atoms with van der Waals surface area (Å²) in [7, 11) is 1.74. The molecule has 3 heterocycles. The molecule has 6 nitrogen and oxygen atoms in total. The molecule has 2 aliphatic heterocycles. The summed E-state index contributed by atoms with van der Waals surface area (Å²) in [5, 5.41) is 12.3. The van der Waals surface area contributed by atoms with Gasteiger partial charge in [-0.15, -0.1) is 0 Å². The Bertz CT molecular complexity index is 1100. The molecule has 3 aliphatic rings. The SMILES string of the molecule is COCCCN(Cc1c(O)c(Cl)cc2c3c(c(=O)oc12)CCCC3)CC1CCCN2CCCCC12. The summed E-state index contributed by atoms with van der Waals surface area (Å²) in [4.78, 5) is 18.0. The normalized spacial score (nSPS) is 22.9. The van der Waals surface area contributed by atoms with E-state index in [1.807, 2.05) is 0 Å². The van der Waals surface area contributed by atoms with Gasteiger partial charge in [0.1, 0.15) is 11.3 Å². The van der Waals surface area contributed by atoms with Crippen molar-refractivity contribution >= 4 is 22.6 Å². The summed E-state index contributed by atoms with van der Waals surface area (Å²) in [6.45, 7) is 5.48. The highest BCUT2D eigenvalue weighted by Gasteiger charge is 2.34. The van der Waals surface area contributed by atoms with Crippen molar-refractivity contribution in [2.45, 2.75) is 76.8 Å². The molecule has 192 valence electrons. The van der Waals surface area contributed by atoms with Gasteiger partial charge in [0.05, 0.1) is 10.6 Å². The molecule has 0 spiro atoms. The quantitative estimate of drug-likeness (QED) is 0.398. The van der Waals surface area contributed by atoms with Gasteiger partial charge in [-0.05, 0) is 88.4 Å². The summed E-state index contributed by atoms with van der Waals surface area (Å²) < 4.78 is 11.2. The van der Waals surface area contributed by atoms with Crippen LogP contribution in [-0.4, -0.2) is 60.8 Å². The zero-order valence-electron chi connectivity index (χ0n) is 21.0. The van der Waals surface area contributed by atoms with E-state index in [-0.39, 0.29) is 11.4 Å². The smallest absolute Gasteiger partial charge is 0.339 e. The Morgan fingerprint density at radius 3 is 2.77 bits per heavy atom. The molecule has 0 radical (unpaired) electrons. The molecule has 5 rings (SSSR count). The molecule has 1 aromatic heterocycles. The number of rotatable bonds is 8. The molecule has 1 aliphatic carbocycles. The number of aryl methyl sites for hydroxylation is 1. The number of phenols is 1. The van der Waals surface area contributed by atoms with E-state index in [4.69, 9.17) is 20.8 Å². The molecule has 0 saturated carbocycles. The second kappa shape index (κ2) is 11.2. The molecule has 2 fully saturated rings. The number of methoxy groups -OCH3 is 1. The summed E-state index contributed by atoms with van der Waals surface area (Å²) in [5.74, 6) is 0.650. The van der Waals surface area contributed by atoms with Gasteiger partial charge in [0.25, 0.3) is 0 Å². The van der Waals surface area contributed by atoms with Crippen LogP contribution in [0.3, 0.4) is 0 Å². The Balaban J connectivity index is 1.48. The molecule has 2 atom stereocenters. The minimum atomic E-state index is -0.258. The summed E-state index contributed by atoms with van der Waals surface area (Å²) in [6, 6.07) is 2.44. The number of benzene rings is 1. The van der Waals surface area contributed by atoms with Crippen LogP contribution >= 0.6 is 11.6 Å². The molecular weight excluding hydrogens is 464 g/mol. The number of phenolic OH excluding ortho intramolecular Hbond substituents is 1. The molecule has 2 aromatic rings. The fourth-order valence-corrected chi connectivity index (χ4v) is 6.98. The summed E-state index contributed by atoms with van der Waals surface area (Å²) in [6.07, 6.45) is 11.0. The van der Waals surface area contributed by atoms with Gasteiger partial charge in [-0.2, -0.15) is 0 Å². The Kier molecular flexibility index (Phi) is 8.02. The van der Waals surface area contributed by atoms with Gasteiger partial charge in [-0.3, -0.25) is 4.90 Å². The van der Waals surface area contributed by atoms with Crippen LogP contribution in [0.1, 0.15) is 68.1 Å². The van der Waals surface area contributed by atoms with Gasteiger partial charge in [-0.25, -0.2) is 4.79 Å². The van der Waals surface area contributed by atoms with Crippen LogP contribution in [0.4, 0.5) is 0 Å². The third kappa shape index (κ3) is 5.27. The number of fused-ring (bicyclic) bond motifs is 4. The highest BCUT2D eigenvalue weighted by atomic mass is 35.5. The number of aromatic hydroxyl groups is 1. The van der Waals surface area contributed by atoms with E-state index in [9.17, 15) is 9.90 Å². The lowest BCUT2D eigenvalue weighted by molar-refractivity contribution is 0.0372. The first-order valence-corrected chi connectivity index (χ1v) is 13.9. The average molecular weight is 503 g/mol. The predicted molar refractivity (Wildman–Crippen MR) is 140 cm³/mol. The summed E-state index contributed by atoms with van der Waals surface area (Å²) >= 11 is 6.55. The number of hydrogen-bond donors (Lipinski definition) is 1. The van der Waals surface area contributed by atoms with Crippen LogP contribution < -0.4 is 5.63 Å². The molecule has 0 amide bonds. The number of halogens is 1. The molecule has 1 N–H and O–H groups in total. The van der Waals surface area contributed by atoms with E-state index < -0.39 is 0 Å². The summed E-state index contributed by atoms with van der Waals surface area (Å²) in [5.41, 5.74) is 2.74. The van der Waals surface area contributed by atoms with Crippen molar-refractivity contribution in [2.24, 2.45) is 5.92 Å². The van der Waals surface area contributed by atoms with Crippen LogP contribution in [0.15, 0.2) is 15.3 Å². The molecule has 35 heavy (non-hydrogen) atoms. The van der Waals surface area contributed by atoms with E-state index >= 15 is 0 Å².